The number of fused-ring (bicyclic) bond motifs is 1. The van der Waals surface area contributed by atoms with Gasteiger partial charge in [0.2, 0.25) is 5.95 Å². The lowest BCUT2D eigenvalue weighted by atomic mass is 10.00. The molecule has 2 unspecified atom stereocenters. The number of nitrogens with two attached hydrogens (primary N) is 1. The van der Waals surface area contributed by atoms with Crippen LogP contribution in [0.1, 0.15) is 31.5 Å². The number of esters is 1. The van der Waals surface area contributed by atoms with Crippen LogP contribution in [0.4, 0.5) is 27.9 Å². The van der Waals surface area contributed by atoms with Gasteiger partial charge in [-0.05, 0) is 32.4 Å². The molecule has 0 radical (unpaired) electrons. The van der Waals surface area contributed by atoms with Crippen molar-refractivity contribution in [1.82, 2.24) is 24.9 Å². The number of aliphatic hydroxyl groups excluding tert-OH is 1. The summed E-state index contributed by atoms with van der Waals surface area (Å²) in [7, 11) is 1.22. The van der Waals surface area contributed by atoms with E-state index in [1.807, 2.05) is 13.0 Å². The van der Waals surface area contributed by atoms with Gasteiger partial charge in [0.05, 0.1) is 60.0 Å². The number of methoxy groups -OCH3 is 1. The fourth-order valence-electron chi connectivity index (χ4n) is 4.47. The van der Waals surface area contributed by atoms with Crippen LogP contribution in [0, 0.1) is 22.7 Å². The van der Waals surface area contributed by atoms with Gasteiger partial charge < -0.3 is 41.2 Å². The number of aliphatic hydroxyl groups is 1. The van der Waals surface area contributed by atoms with Crippen molar-refractivity contribution < 1.29 is 24.2 Å². The van der Waals surface area contributed by atoms with E-state index in [4.69, 9.17) is 26.8 Å². The highest BCUT2D eigenvalue weighted by molar-refractivity contribution is 6.36. The summed E-state index contributed by atoms with van der Waals surface area (Å²) in [6, 6.07) is 5.32. The second kappa shape index (κ2) is 14.7. The van der Waals surface area contributed by atoms with Crippen molar-refractivity contribution in [2.75, 3.05) is 42.3 Å². The fourth-order valence-corrected chi connectivity index (χ4v) is 4.74. The van der Waals surface area contributed by atoms with E-state index in [1.54, 1.807) is 11.0 Å². The summed E-state index contributed by atoms with van der Waals surface area (Å²) in [4.78, 5) is 35.1. The van der Waals surface area contributed by atoms with Crippen molar-refractivity contribution in [3.8, 4) is 12.1 Å². The molecule has 0 spiro atoms. The van der Waals surface area contributed by atoms with E-state index in [-0.39, 0.29) is 41.2 Å². The Bertz CT molecular complexity index is 1600. The Hall–Kier alpha value is -4.61. The van der Waals surface area contributed by atoms with Gasteiger partial charge in [-0.15, -0.1) is 17.5 Å². The first-order valence-corrected chi connectivity index (χ1v) is 13.6. The summed E-state index contributed by atoms with van der Waals surface area (Å²) >= 11 is 6.86. The van der Waals surface area contributed by atoms with Crippen LogP contribution in [-0.4, -0.2) is 87.8 Å². The van der Waals surface area contributed by atoms with Crippen molar-refractivity contribution in [3.63, 3.8) is 0 Å². The number of hydrogen-bond donors (Lipinski definition) is 5. The molecular weight excluding hydrogens is 617 g/mol. The summed E-state index contributed by atoms with van der Waals surface area (Å²) in [6.45, 7) is 4.19. The first kappa shape index (κ1) is 33.9. The average molecular weight is 649 g/mol. The summed E-state index contributed by atoms with van der Waals surface area (Å²) in [6.07, 6.45) is -1.07. The van der Waals surface area contributed by atoms with Crippen LogP contribution in [0.5, 0.6) is 0 Å². The normalized spacial score (nSPS) is 17.3. The highest BCUT2D eigenvalue weighted by atomic mass is 35.5. The molecule has 4 atom stereocenters. The number of anilines is 4. The standard InChI is InChI=1S/C26H30ClN11O5.ClH/c1-4-31-22-23-32-11-15(10-29)38(23)36-25(35-22)33-17-7-14(9-28)8-18(20(17)27)37-6-5-16(34-26(41)42-3)19(12-37)43-24(40)21(30)13(2)39;/h7-8,11,13,16,19,21,39H,4-6,12,30H2,1-3H3,(H,34,41)(H2,31,33,35,36);1H/t13?,16-,19-,21?;/m1./s1. The number of halogens is 2. The Morgan fingerprint density at radius 3 is 2.70 bits per heavy atom. The molecule has 1 saturated heterocycles. The van der Waals surface area contributed by atoms with Gasteiger partial charge in [-0.2, -0.15) is 20.0 Å². The number of benzene rings is 1. The second-order valence-electron chi connectivity index (χ2n) is 9.62. The number of ether oxygens (including phenoxy) is 2. The Morgan fingerprint density at radius 2 is 2.07 bits per heavy atom. The van der Waals surface area contributed by atoms with Gasteiger partial charge in [0.15, 0.2) is 17.2 Å². The number of alkyl carbamates (subject to hydrolysis) is 1. The quantitative estimate of drug-likeness (QED) is 0.208. The van der Waals surface area contributed by atoms with Crippen LogP contribution >= 0.6 is 24.0 Å². The number of nitrogens with one attached hydrogen (secondary N) is 3. The van der Waals surface area contributed by atoms with Crippen molar-refractivity contribution in [2.45, 2.75) is 44.6 Å². The van der Waals surface area contributed by atoms with Crippen molar-refractivity contribution in [2.24, 2.45) is 5.73 Å². The van der Waals surface area contributed by atoms with Gasteiger partial charge in [-0.25, -0.2) is 9.78 Å². The first-order valence-electron chi connectivity index (χ1n) is 13.2. The summed E-state index contributed by atoms with van der Waals surface area (Å²) in [5.74, 6) is -0.381. The Morgan fingerprint density at radius 1 is 1.32 bits per heavy atom. The second-order valence-corrected chi connectivity index (χ2v) is 10.00. The molecule has 3 heterocycles. The molecule has 18 heteroatoms. The molecule has 4 rings (SSSR count). The van der Waals surface area contributed by atoms with Gasteiger partial charge in [-0.3, -0.25) is 4.79 Å². The number of imidazole rings is 1. The number of carbonyl (C=O) groups is 2. The van der Waals surface area contributed by atoms with Gasteiger partial charge in [0.25, 0.3) is 0 Å². The molecule has 6 N–H and O–H groups in total. The molecule has 44 heavy (non-hydrogen) atoms. The molecule has 1 aliphatic rings. The highest BCUT2D eigenvalue weighted by Crippen LogP contribution is 2.37. The molecule has 234 valence electrons. The number of piperidine rings is 1. The number of hydrogen-bond acceptors (Lipinski definition) is 14. The van der Waals surface area contributed by atoms with Crippen LogP contribution in [-0.2, 0) is 14.3 Å². The molecular formula is C26H31Cl2N11O5. The lowest BCUT2D eigenvalue weighted by Crippen LogP contribution is -2.57. The summed E-state index contributed by atoms with van der Waals surface area (Å²) < 4.78 is 11.7. The van der Waals surface area contributed by atoms with E-state index in [0.29, 0.717) is 42.4 Å². The topological polar surface area (TPSA) is 229 Å². The van der Waals surface area contributed by atoms with E-state index in [0.717, 1.165) is 0 Å². The minimum Gasteiger partial charge on any atom is -0.457 e. The molecule has 1 aliphatic heterocycles. The third-order valence-corrected chi connectivity index (χ3v) is 7.10. The van der Waals surface area contributed by atoms with Crippen LogP contribution in [0.25, 0.3) is 5.65 Å². The molecule has 0 aliphatic carbocycles. The van der Waals surface area contributed by atoms with Gasteiger partial charge in [-0.1, -0.05) is 11.6 Å². The summed E-state index contributed by atoms with van der Waals surface area (Å²) in [5.41, 5.74) is 7.32. The van der Waals surface area contributed by atoms with Gasteiger partial charge in [0.1, 0.15) is 18.2 Å². The first-order chi connectivity index (χ1) is 20.6. The number of amides is 1. The number of aromatic nitrogens is 4. The predicted octanol–water partition coefficient (Wildman–Crippen LogP) is 1.67. The SMILES string of the molecule is CCNc1nc(Nc2cc(C#N)cc(N3CC[C@@H](NC(=O)OC)[C@H](OC(=O)C(N)C(C)O)C3)c2Cl)nn2c(C#N)cnc12.Cl. The van der Waals surface area contributed by atoms with Gasteiger partial charge in [0, 0.05) is 13.1 Å². The molecule has 0 saturated carbocycles. The lowest BCUT2D eigenvalue weighted by molar-refractivity contribution is -0.154. The molecule has 3 aromatic rings. The molecule has 1 aromatic carbocycles. The average Bonchev–Trinajstić information content (AvgIpc) is 3.41. The van der Waals surface area contributed by atoms with Crippen LogP contribution in [0.15, 0.2) is 18.3 Å². The van der Waals surface area contributed by atoms with Gasteiger partial charge >= 0.3 is 12.1 Å². The number of carbonyl (C=O) groups excluding carboxylic acids is 2. The predicted molar refractivity (Wildman–Crippen MR) is 162 cm³/mol. The van der Waals surface area contributed by atoms with Crippen LogP contribution in [0.3, 0.4) is 0 Å². The maximum absolute atomic E-state index is 12.6. The number of rotatable bonds is 9. The smallest absolute Gasteiger partial charge is 0.407 e. The van der Waals surface area contributed by atoms with E-state index in [2.05, 4.69) is 37.1 Å². The zero-order valence-corrected chi connectivity index (χ0v) is 25.5. The largest absolute Gasteiger partial charge is 0.457 e. The minimum absolute atomic E-state index is 0. The third-order valence-electron chi connectivity index (χ3n) is 6.70. The van der Waals surface area contributed by atoms with E-state index in [1.165, 1.54) is 30.8 Å². The Kier molecular flexibility index (Phi) is 11.3. The maximum atomic E-state index is 12.6. The van der Waals surface area contributed by atoms with E-state index >= 15 is 0 Å². The minimum atomic E-state index is -1.29. The van der Waals surface area contributed by atoms with Crippen molar-refractivity contribution >= 4 is 64.9 Å². The molecule has 1 amide bonds. The lowest BCUT2D eigenvalue weighted by Gasteiger charge is -2.40. The Balaban J connectivity index is 0.00000529. The molecule has 16 nitrogen and oxygen atoms in total. The molecule has 0 bridgehead atoms. The van der Waals surface area contributed by atoms with Crippen molar-refractivity contribution in [3.05, 3.63) is 34.6 Å². The third kappa shape index (κ3) is 7.29. The van der Waals surface area contributed by atoms with Crippen molar-refractivity contribution in [1.29, 1.82) is 10.5 Å². The van der Waals surface area contributed by atoms with E-state index < -0.39 is 36.4 Å². The Labute approximate surface area is 263 Å². The number of nitriles is 2. The fraction of sp³-hybridized carbons (Fsp3) is 0.423. The molecule has 1 fully saturated rings. The number of nitrogens with zero attached hydrogens (tertiary/aromatic N) is 7. The zero-order chi connectivity index (χ0) is 31.3. The maximum Gasteiger partial charge on any atom is 0.407 e. The zero-order valence-electron chi connectivity index (χ0n) is 23.9. The van der Waals surface area contributed by atoms with E-state index in [9.17, 15) is 25.2 Å². The summed E-state index contributed by atoms with van der Waals surface area (Å²) in [5, 5.41) is 42.4. The van der Waals surface area contributed by atoms with Crippen LogP contribution < -0.4 is 26.6 Å². The van der Waals surface area contributed by atoms with Crippen LogP contribution in [0.2, 0.25) is 5.02 Å². The monoisotopic (exact) mass is 647 g/mol. The highest BCUT2D eigenvalue weighted by Gasteiger charge is 2.36. The molecule has 2 aromatic heterocycles.